The molecule has 0 aliphatic rings. The number of nitrogens with zero attached hydrogens (tertiary/aromatic N) is 3. The van der Waals surface area contributed by atoms with Gasteiger partial charge in [0.15, 0.2) is 0 Å². The molecule has 2 aromatic heterocycles. The second-order valence-corrected chi connectivity index (χ2v) is 4.66. The van der Waals surface area contributed by atoms with E-state index in [-0.39, 0.29) is 24.2 Å². The Morgan fingerprint density at radius 1 is 1.32 bits per heavy atom. The largest absolute Gasteiger partial charge is 0.350 e. The Labute approximate surface area is 124 Å². The molecule has 9 heteroatoms. The summed E-state index contributed by atoms with van der Waals surface area (Å²) in [7, 11) is 1.27. The zero-order chi connectivity index (χ0) is 16.3. The van der Waals surface area contributed by atoms with Crippen LogP contribution in [0.4, 0.5) is 0 Å². The molecule has 0 saturated carbocycles. The van der Waals surface area contributed by atoms with E-state index in [1.807, 2.05) is 0 Å². The molecule has 0 fully saturated rings. The molecule has 0 saturated heterocycles. The monoisotopic (exact) mass is 305 g/mol. The number of rotatable bonds is 4. The van der Waals surface area contributed by atoms with Gasteiger partial charge in [-0.05, 0) is 13.0 Å². The first kappa shape index (κ1) is 15.4. The topological polar surface area (TPSA) is 119 Å². The number of aromatic amines is 1. The summed E-state index contributed by atoms with van der Waals surface area (Å²) >= 11 is 0. The maximum atomic E-state index is 11.9. The Bertz CT molecular complexity index is 877. The highest BCUT2D eigenvalue weighted by atomic mass is 16.2. The van der Waals surface area contributed by atoms with E-state index >= 15 is 0 Å². The SMILES string of the molecule is Cc1ccc(=O)n(CCNC(=O)c2c[nH]c(=O)n(C)c2=O)n1. The van der Waals surface area contributed by atoms with Gasteiger partial charge in [0.1, 0.15) is 5.56 Å². The Morgan fingerprint density at radius 2 is 2.05 bits per heavy atom. The number of hydrogen-bond acceptors (Lipinski definition) is 5. The fourth-order valence-electron chi connectivity index (χ4n) is 1.81. The van der Waals surface area contributed by atoms with Crippen molar-refractivity contribution in [1.82, 2.24) is 24.6 Å². The van der Waals surface area contributed by atoms with Crippen LogP contribution in [0.3, 0.4) is 0 Å². The van der Waals surface area contributed by atoms with Crippen LogP contribution in [0.5, 0.6) is 0 Å². The van der Waals surface area contributed by atoms with Crippen LogP contribution in [0, 0.1) is 6.92 Å². The zero-order valence-electron chi connectivity index (χ0n) is 12.1. The van der Waals surface area contributed by atoms with E-state index < -0.39 is 17.2 Å². The van der Waals surface area contributed by atoms with Crippen LogP contribution in [0.25, 0.3) is 0 Å². The van der Waals surface area contributed by atoms with E-state index in [0.29, 0.717) is 5.69 Å². The van der Waals surface area contributed by atoms with Crippen molar-refractivity contribution in [3.63, 3.8) is 0 Å². The first-order chi connectivity index (χ1) is 10.4. The summed E-state index contributed by atoms with van der Waals surface area (Å²) in [6.07, 6.45) is 1.07. The first-order valence-corrected chi connectivity index (χ1v) is 6.52. The molecule has 0 unspecified atom stereocenters. The molecule has 0 atom stereocenters. The molecule has 0 aliphatic carbocycles. The van der Waals surface area contributed by atoms with Gasteiger partial charge < -0.3 is 10.3 Å². The van der Waals surface area contributed by atoms with E-state index in [1.54, 1.807) is 13.0 Å². The summed E-state index contributed by atoms with van der Waals surface area (Å²) in [5.74, 6) is -0.627. The molecule has 2 heterocycles. The molecular formula is C13H15N5O4. The molecule has 116 valence electrons. The number of H-pyrrole nitrogens is 1. The summed E-state index contributed by atoms with van der Waals surface area (Å²) in [6.45, 7) is 2.05. The predicted molar refractivity (Wildman–Crippen MR) is 77.9 cm³/mol. The van der Waals surface area contributed by atoms with E-state index in [1.165, 1.54) is 17.8 Å². The third-order valence-electron chi connectivity index (χ3n) is 3.03. The molecule has 0 aliphatic heterocycles. The van der Waals surface area contributed by atoms with E-state index in [2.05, 4.69) is 15.4 Å². The molecule has 2 aromatic rings. The van der Waals surface area contributed by atoms with Crippen molar-refractivity contribution in [2.24, 2.45) is 7.05 Å². The average molecular weight is 305 g/mol. The minimum absolute atomic E-state index is 0.122. The molecule has 0 spiro atoms. The van der Waals surface area contributed by atoms with E-state index in [9.17, 15) is 19.2 Å². The smallest absolute Gasteiger partial charge is 0.328 e. The van der Waals surface area contributed by atoms with Crippen molar-refractivity contribution in [3.8, 4) is 0 Å². The maximum absolute atomic E-state index is 11.9. The van der Waals surface area contributed by atoms with Crippen LogP contribution in [-0.4, -0.2) is 31.8 Å². The van der Waals surface area contributed by atoms with Gasteiger partial charge in [-0.2, -0.15) is 5.10 Å². The predicted octanol–water partition coefficient (Wildman–Crippen LogP) is -1.63. The summed E-state index contributed by atoms with van der Waals surface area (Å²) in [6, 6.07) is 2.99. The van der Waals surface area contributed by atoms with Crippen LogP contribution < -0.4 is 22.1 Å². The molecule has 0 aromatic carbocycles. The standard InChI is InChI=1S/C13H15N5O4/c1-8-3-4-10(19)18(16-8)6-5-14-11(20)9-7-15-13(22)17(2)12(9)21/h3-4,7H,5-6H2,1-2H3,(H,14,20)(H,15,22). The molecule has 2 N–H and O–H groups in total. The normalized spacial score (nSPS) is 10.5. The van der Waals surface area contributed by atoms with Gasteiger partial charge in [0, 0.05) is 25.9 Å². The molecule has 1 amide bonds. The van der Waals surface area contributed by atoms with Crippen LogP contribution >= 0.6 is 0 Å². The lowest BCUT2D eigenvalue weighted by molar-refractivity contribution is 0.0949. The summed E-state index contributed by atoms with van der Waals surface area (Å²) in [4.78, 5) is 48.7. The van der Waals surface area contributed by atoms with Gasteiger partial charge in [-0.15, -0.1) is 0 Å². The zero-order valence-corrected chi connectivity index (χ0v) is 12.1. The Balaban J connectivity index is 2.06. The van der Waals surface area contributed by atoms with Gasteiger partial charge in [-0.25, -0.2) is 9.48 Å². The highest BCUT2D eigenvalue weighted by molar-refractivity contribution is 5.93. The van der Waals surface area contributed by atoms with Gasteiger partial charge in [-0.1, -0.05) is 0 Å². The van der Waals surface area contributed by atoms with Crippen LogP contribution in [0.1, 0.15) is 16.1 Å². The third-order valence-corrected chi connectivity index (χ3v) is 3.03. The highest BCUT2D eigenvalue weighted by Crippen LogP contribution is 1.88. The van der Waals surface area contributed by atoms with Gasteiger partial charge in [0.25, 0.3) is 17.0 Å². The number of carbonyl (C=O) groups excluding carboxylic acids is 1. The minimum atomic E-state index is -0.688. The van der Waals surface area contributed by atoms with E-state index in [0.717, 1.165) is 10.8 Å². The van der Waals surface area contributed by atoms with Crippen LogP contribution in [0.15, 0.2) is 32.7 Å². The molecule has 0 radical (unpaired) electrons. The molecule has 22 heavy (non-hydrogen) atoms. The van der Waals surface area contributed by atoms with E-state index in [4.69, 9.17) is 0 Å². The molecule has 0 bridgehead atoms. The summed E-state index contributed by atoms with van der Waals surface area (Å²) in [5.41, 5.74) is -1.06. The second-order valence-electron chi connectivity index (χ2n) is 4.66. The van der Waals surface area contributed by atoms with Crippen LogP contribution in [-0.2, 0) is 13.6 Å². The van der Waals surface area contributed by atoms with Crippen molar-refractivity contribution in [3.05, 3.63) is 60.8 Å². The second kappa shape index (κ2) is 6.20. The highest BCUT2D eigenvalue weighted by Gasteiger charge is 2.12. The number of amides is 1. The molecule has 9 nitrogen and oxygen atoms in total. The molecular weight excluding hydrogens is 290 g/mol. The lowest BCUT2D eigenvalue weighted by atomic mass is 10.3. The van der Waals surface area contributed by atoms with Gasteiger partial charge in [0.2, 0.25) is 0 Å². The van der Waals surface area contributed by atoms with Crippen LogP contribution in [0.2, 0.25) is 0 Å². The first-order valence-electron chi connectivity index (χ1n) is 6.52. The van der Waals surface area contributed by atoms with Crippen molar-refractivity contribution in [1.29, 1.82) is 0 Å². The lowest BCUT2D eigenvalue weighted by Gasteiger charge is -2.07. The number of hydrogen-bond donors (Lipinski definition) is 2. The summed E-state index contributed by atoms with van der Waals surface area (Å²) in [5, 5.41) is 6.53. The van der Waals surface area contributed by atoms with Gasteiger partial charge >= 0.3 is 5.69 Å². The Hall–Kier alpha value is -2.97. The quantitative estimate of drug-likeness (QED) is 0.703. The maximum Gasteiger partial charge on any atom is 0.328 e. The Kier molecular flexibility index (Phi) is 4.35. The fourth-order valence-corrected chi connectivity index (χ4v) is 1.81. The number of carbonyl (C=O) groups is 1. The number of nitrogens with one attached hydrogen (secondary N) is 2. The lowest BCUT2D eigenvalue weighted by Crippen LogP contribution is -2.40. The van der Waals surface area contributed by atoms with Crippen molar-refractivity contribution in [2.75, 3.05) is 6.54 Å². The van der Waals surface area contributed by atoms with Crippen molar-refractivity contribution >= 4 is 5.91 Å². The van der Waals surface area contributed by atoms with Gasteiger partial charge in [-0.3, -0.25) is 19.0 Å². The average Bonchev–Trinajstić information content (AvgIpc) is 2.48. The van der Waals surface area contributed by atoms with Crippen molar-refractivity contribution < 1.29 is 4.79 Å². The summed E-state index contributed by atoms with van der Waals surface area (Å²) < 4.78 is 2.03. The van der Waals surface area contributed by atoms with Gasteiger partial charge in [0.05, 0.1) is 12.2 Å². The third kappa shape index (κ3) is 3.19. The molecule has 2 rings (SSSR count). The minimum Gasteiger partial charge on any atom is -0.350 e. The Morgan fingerprint density at radius 3 is 2.77 bits per heavy atom. The fraction of sp³-hybridized carbons (Fsp3) is 0.308. The van der Waals surface area contributed by atoms with Crippen molar-refractivity contribution in [2.45, 2.75) is 13.5 Å². The number of aromatic nitrogens is 4. The number of aryl methyl sites for hydroxylation is 1.